The van der Waals surface area contributed by atoms with Gasteiger partial charge in [0.05, 0.1) is 18.8 Å². The lowest BCUT2D eigenvalue weighted by atomic mass is 10.1. The molecule has 1 aromatic rings. The number of pyridine rings is 1. The van der Waals surface area contributed by atoms with Gasteiger partial charge in [-0.3, -0.25) is 0 Å². The first-order chi connectivity index (χ1) is 9.15. The third-order valence-electron chi connectivity index (χ3n) is 3.81. The summed E-state index contributed by atoms with van der Waals surface area (Å²) in [7, 11) is 2.06. The van der Waals surface area contributed by atoms with E-state index in [0.29, 0.717) is 6.04 Å². The predicted molar refractivity (Wildman–Crippen MR) is 76.4 cm³/mol. The SMILES string of the molecule is CCCc1cc(CO)cc(N(C)C2CCOC2C)n1. The Kier molecular flexibility index (Phi) is 4.77. The summed E-state index contributed by atoms with van der Waals surface area (Å²) in [6.07, 6.45) is 3.28. The van der Waals surface area contributed by atoms with Gasteiger partial charge < -0.3 is 14.7 Å². The fraction of sp³-hybridized carbons (Fsp3) is 0.667. The van der Waals surface area contributed by atoms with Crippen molar-refractivity contribution in [2.45, 2.75) is 51.9 Å². The van der Waals surface area contributed by atoms with Gasteiger partial charge in [0.2, 0.25) is 0 Å². The van der Waals surface area contributed by atoms with Gasteiger partial charge >= 0.3 is 0 Å². The lowest BCUT2D eigenvalue weighted by molar-refractivity contribution is 0.118. The molecule has 1 fully saturated rings. The van der Waals surface area contributed by atoms with E-state index < -0.39 is 0 Å². The molecule has 106 valence electrons. The van der Waals surface area contributed by atoms with E-state index in [1.54, 1.807) is 0 Å². The van der Waals surface area contributed by atoms with Gasteiger partial charge in [0.15, 0.2) is 0 Å². The van der Waals surface area contributed by atoms with Crippen molar-refractivity contribution in [3.8, 4) is 0 Å². The molecule has 4 heteroatoms. The van der Waals surface area contributed by atoms with E-state index in [-0.39, 0.29) is 12.7 Å². The van der Waals surface area contributed by atoms with Crippen molar-refractivity contribution in [2.24, 2.45) is 0 Å². The van der Waals surface area contributed by atoms with Crippen molar-refractivity contribution >= 4 is 5.82 Å². The molecular formula is C15H24N2O2. The first kappa shape index (κ1) is 14.3. The highest BCUT2D eigenvalue weighted by atomic mass is 16.5. The number of aryl methyl sites for hydroxylation is 1. The molecule has 0 amide bonds. The number of hydrogen-bond donors (Lipinski definition) is 1. The summed E-state index contributed by atoms with van der Waals surface area (Å²) < 4.78 is 5.62. The minimum Gasteiger partial charge on any atom is -0.392 e. The number of likely N-dealkylation sites (N-methyl/N-ethyl adjacent to an activating group) is 1. The molecule has 2 atom stereocenters. The highest BCUT2D eigenvalue weighted by molar-refractivity contribution is 5.43. The largest absolute Gasteiger partial charge is 0.392 e. The molecular weight excluding hydrogens is 240 g/mol. The molecule has 19 heavy (non-hydrogen) atoms. The molecule has 1 N–H and O–H groups in total. The number of anilines is 1. The molecule has 1 saturated heterocycles. The highest BCUT2D eigenvalue weighted by Crippen LogP contribution is 2.24. The normalized spacial score (nSPS) is 22.7. The second-order valence-electron chi connectivity index (χ2n) is 5.28. The van der Waals surface area contributed by atoms with Crippen LogP contribution in [0.3, 0.4) is 0 Å². The smallest absolute Gasteiger partial charge is 0.129 e. The maximum absolute atomic E-state index is 9.38. The van der Waals surface area contributed by atoms with E-state index in [0.717, 1.165) is 42.9 Å². The van der Waals surface area contributed by atoms with E-state index in [9.17, 15) is 5.11 Å². The number of rotatable bonds is 5. The molecule has 2 unspecified atom stereocenters. The molecule has 0 spiro atoms. The minimum absolute atomic E-state index is 0.0663. The van der Waals surface area contributed by atoms with Gasteiger partial charge in [-0.05, 0) is 37.5 Å². The number of hydrogen-bond acceptors (Lipinski definition) is 4. The van der Waals surface area contributed by atoms with Crippen molar-refractivity contribution in [3.63, 3.8) is 0 Å². The van der Waals surface area contributed by atoms with Crippen molar-refractivity contribution in [1.82, 2.24) is 4.98 Å². The number of aliphatic hydroxyl groups is 1. The summed E-state index contributed by atoms with van der Waals surface area (Å²) in [6, 6.07) is 4.34. The van der Waals surface area contributed by atoms with Gasteiger partial charge in [-0.25, -0.2) is 4.98 Å². The van der Waals surface area contributed by atoms with Crippen LogP contribution in [0.4, 0.5) is 5.82 Å². The van der Waals surface area contributed by atoms with Gasteiger partial charge in [0.25, 0.3) is 0 Å². The lowest BCUT2D eigenvalue weighted by Gasteiger charge is -2.28. The third-order valence-corrected chi connectivity index (χ3v) is 3.81. The molecule has 0 bridgehead atoms. The number of nitrogens with zero attached hydrogens (tertiary/aromatic N) is 2. The van der Waals surface area contributed by atoms with E-state index in [1.165, 1.54) is 0 Å². The summed E-state index contributed by atoms with van der Waals surface area (Å²) >= 11 is 0. The van der Waals surface area contributed by atoms with Crippen LogP contribution in [0.2, 0.25) is 0 Å². The maximum Gasteiger partial charge on any atom is 0.129 e. The molecule has 2 rings (SSSR count). The molecule has 0 aromatic carbocycles. The molecule has 1 aliphatic heterocycles. The zero-order chi connectivity index (χ0) is 13.8. The van der Waals surface area contributed by atoms with Crippen LogP contribution in [0.5, 0.6) is 0 Å². The van der Waals surface area contributed by atoms with Crippen LogP contribution in [-0.4, -0.2) is 35.9 Å². The Morgan fingerprint density at radius 2 is 2.26 bits per heavy atom. The van der Waals surface area contributed by atoms with Crippen molar-refractivity contribution in [2.75, 3.05) is 18.6 Å². The topological polar surface area (TPSA) is 45.6 Å². The first-order valence-electron chi connectivity index (χ1n) is 7.10. The van der Waals surface area contributed by atoms with Gasteiger partial charge in [0.1, 0.15) is 5.82 Å². The van der Waals surface area contributed by atoms with Crippen LogP contribution in [-0.2, 0) is 17.8 Å². The molecule has 0 saturated carbocycles. The number of ether oxygens (including phenoxy) is 1. The van der Waals surface area contributed by atoms with Crippen LogP contribution < -0.4 is 4.90 Å². The highest BCUT2D eigenvalue weighted by Gasteiger charge is 2.28. The Balaban J connectivity index is 2.24. The second-order valence-corrected chi connectivity index (χ2v) is 5.28. The van der Waals surface area contributed by atoms with Crippen LogP contribution in [0.15, 0.2) is 12.1 Å². The zero-order valence-electron chi connectivity index (χ0n) is 12.1. The molecule has 1 aliphatic rings. The van der Waals surface area contributed by atoms with E-state index in [1.807, 2.05) is 12.1 Å². The van der Waals surface area contributed by atoms with Crippen LogP contribution in [0, 0.1) is 0 Å². The average molecular weight is 264 g/mol. The lowest BCUT2D eigenvalue weighted by Crippen LogP contribution is -2.37. The van der Waals surface area contributed by atoms with E-state index in [2.05, 4.69) is 25.8 Å². The van der Waals surface area contributed by atoms with Gasteiger partial charge in [0, 0.05) is 19.3 Å². The monoisotopic (exact) mass is 264 g/mol. The molecule has 2 heterocycles. The average Bonchev–Trinajstić information content (AvgIpc) is 2.84. The standard InChI is InChI=1S/C15H24N2O2/c1-4-5-13-8-12(10-18)9-15(16-13)17(3)14-6-7-19-11(14)2/h8-9,11,14,18H,4-7,10H2,1-3H3. The number of aliphatic hydroxyl groups excluding tert-OH is 1. The van der Waals surface area contributed by atoms with Gasteiger partial charge in [-0.15, -0.1) is 0 Å². The summed E-state index contributed by atoms with van der Waals surface area (Å²) in [5.41, 5.74) is 1.99. The summed E-state index contributed by atoms with van der Waals surface area (Å²) in [4.78, 5) is 6.90. The molecule has 1 aromatic heterocycles. The van der Waals surface area contributed by atoms with Crippen molar-refractivity contribution in [1.29, 1.82) is 0 Å². The van der Waals surface area contributed by atoms with E-state index >= 15 is 0 Å². The summed E-state index contributed by atoms with van der Waals surface area (Å²) in [5.74, 6) is 0.942. The number of aromatic nitrogens is 1. The second kappa shape index (κ2) is 6.35. The zero-order valence-corrected chi connectivity index (χ0v) is 12.1. The Hall–Kier alpha value is -1.13. The van der Waals surface area contributed by atoms with Crippen molar-refractivity contribution < 1.29 is 9.84 Å². The quantitative estimate of drug-likeness (QED) is 0.885. The Labute approximate surface area is 115 Å². The minimum atomic E-state index is 0.0663. The predicted octanol–water partition coefficient (Wildman–Crippen LogP) is 2.14. The van der Waals surface area contributed by atoms with Crippen LogP contribution in [0.1, 0.15) is 37.9 Å². The van der Waals surface area contributed by atoms with Gasteiger partial charge in [-0.1, -0.05) is 13.3 Å². The van der Waals surface area contributed by atoms with Crippen molar-refractivity contribution in [3.05, 3.63) is 23.4 Å². The Morgan fingerprint density at radius 3 is 2.84 bits per heavy atom. The first-order valence-corrected chi connectivity index (χ1v) is 7.10. The Bertz CT molecular complexity index is 423. The summed E-state index contributed by atoms with van der Waals surface area (Å²) in [6.45, 7) is 5.13. The fourth-order valence-corrected chi connectivity index (χ4v) is 2.69. The van der Waals surface area contributed by atoms with Crippen LogP contribution in [0.25, 0.3) is 0 Å². The maximum atomic E-state index is 9.38. The molecule has 4 nitrogen and oxygen atoms in total. The molecule has 0 aliphatic carbocycles. The van der Waals surface area contributed by atoms with Crippen LogP contribution >= 0.6 is 0 Å². The third kappa shape index (κ3) is 3.25. The fourth-order valence-electron chi connectivity index (χ4n) is 2.69. The molecule has 0 radical (unpaired) electrons. The van der Waals surface area contributed by atoms with E-state index in [4.69, 9.17) is 9.72 Å². The van der Waals surface area contributed by atoms with Gasteiger partial charge in [-0.2, -0.15) is 0 Å². The summed E-state index contributed by atoms with van der Waals surface area (Å²) in [5, 5.41) is 9.38. The Morgan fingerprint density at radius 1 is 1.47 bits per heavy atom.